The Kier molecular flexibility index (Phi) is 4.66. The standard InChI is InChI=1S/C18H27BFNO3/c1-12-6-7-14(22-12)15(13-8-10-21-11-9-13)16(20)19-23-17(2,3)18(4,5)24-19/h6-7,13,21H,8-11H2,1-5H3. The molecule has 132 valence electrons. The molecule has 2 saturated heterocycles. The van der Waals surface area contributed by atoms with E-state index in [1.54, 1.807) is 0 Å². The molecule has 1 aromatic rings. The SMILES string of the molecule is Cc1ccc(C(=C(F)B2OC(C)(C)C(C)(C)O2)C2CCNCC2)o1. The fraction of sp³-hybridized carbons (Fsp3) is 0.667. The van der Waals surface area contributed by atoms with Crippen molar-refractivity contribution in [3.63, 3.8) is 0 Å². The van der Waals surface area contributed by atoms with E-state index in [1.165, 1.54) is 0 Å². The second kappa shape index (κ2) is 6.32. The number of halogens is 1. The summed E-state index contributed by atoms with van der Waals surface area (Å²) in [6, 6.07) is 3.71. The van der Waals surface area contributed by atoms with Gasteiger partial charge in [-0.25, -0.2) is 4.39 Å². The lowest BCUT2D eigenvalue weighted by Crippen LogP contribution is -2.41. The first-order chi connectivity index (χ1) is 11.2. The van der Waals surface area contributed by atoms with E-state index in [4.69, 9.17) is 13.7 Å². The number of rotatable bonds is 3. The summed E-state index contributed by atoms with van der Waals surface area (Å²) in [5.74, 6) is 1.47. The quantitative estimate of drug-likeness (QED) is 0.851. The molecule has 1 N–H and O–H groups in total. The number of hydrogen-bond acceptors (Lipinski definition) is 4. The molecule has 2 fully saturated rings. The molecule has 0 aliphatic carbocycles. The molecular weight excluding hydrogens is 308 g/mol. The molecule has 6 heteroatoms. The van der Waals surface area contributed by atoms with Crippen LogP contribution in [0.25, 0.3) is 5.57 Å². The van der Waals surface area contributed by atoms with Crippen molar-refractivity contribution < 1.29 is 18.1 Å². The van der Waals surface area contributed by atoms with Gasteiger partial charge in [0.15, 0.2) is 0 Å². The van der Waals surface area contributed by atoms with Gasteiger partial charge in [0.1, 0.15) is 17.2 Å². The highest BCUT2D eigenvalue weighted by Gasteiger charge is 2.54. The third-order valence-electron chi connectivity index (χ3n) is 5.47. The Morgan fingerprint density at radius 2 is 1.71 bits per heavy atom. The number of aryl methyl sites for hydroxylation is 1. The third-order valence-corrected chi connectivity index (χ3v) is 5.47. The maximum atomic E-state index is 15.5. The van der Waals surface area contributed by atoms with Gasteiger partial charge in [-0.05, 0) is 78.6 Å². The molecule has 0 radical (unpaired) electrons. The predicted molar refractivity (Wildman–Crippen MR) is 93.1 cm³/mol. The third kappa shape index (κ3) is 3.19. The smallest absolute Gasteiger partial charge is 0.462 e. The van der Waals surface area contributed by atoms with Crippen LogP contribution < -0.4 is 5.32 Å². The van der Waals surface area contributed by atoms with Gasteiger partial charge in [-0.1, -0.05) is 0 Å². The van der Waals surface area contributed by atoms with Crippen molar-refractivity contribution in [1.82, 2.24) is 5.32 Å². The molecule has 4 nitrogen and oxygen atoms in total. The van der Waals surface area contributed by atoms with Gasteiger partial charge in [-0.3, -0.25) is 0 Å². The van der Waals surface area contributed by atoms with Gasteiger partial charge >= 0.3 is 7.12 Å². The van der Waals surface area contributed by atoms with Crippen LogP contribution in [0.4, 0.5) is 4.39 Å². The first kappa shape index (κ1) is 17.7. The Bertz CT molecular complexity index is 616. The molecule has 0 spiro atoms. The highest BCUT2D eigenvalue weighted by molar-refractivity contribution is 6.55. The van der Waals surface area contributed by atoms with E-state index in [0.29, 0.717) is 11.3 Å². The van der Waals surface area contributed by atoms with Crippen molar-refractivity contribution in [2.24, 2.45) is 5.92 Å². The summed E-state index contributed by atoms with van der Waals surface area (Å²) in [7, 11) is -0.981. The van der Waals surface area contributed by atoms with Crippen molar-refractivity contribution in [3.8, 4) is 0 Å². The summed E-state index contributed by atoms with van der Waals surface area (Å²) < 4.78 is 33.1. The molecule has 3 heterocycles. The van der Waals surface area contributed by atoms with Gasteiger partial charge in [-0.15, -0.1) is 0 Å². The Morgan fingerprint density at radius 1 is 1.12 bits per heavy atom. The lowest BCUT2D eigenvalue weighted by molar-refractivity contribution is 0.00578. The zero-order chi connectivity index (χ0) is 17.5. The summed E-state index contributed by atoms with van der Waals surface area (Å²) >= 11 is 0. The average molecular weight is 335 g/mol. The topological polar surface area (TPSA) is 43.6 Å². The fourth-order valence-corrected chi connectivity index (χ4v) is 3.28. The van der Waals surface area contributed by atoms with Crippen molar-refractivity contribution in [1.29, 1.82) is 0 Å². The molecular formula is C18H27BFNO3. The normalized spacial score (nSPS) is 25.0. The maximum absolute atomic E-state index is 15.5. The zero-order valence-electron chi connectivity index (χ0n) is 15.2. The summed E-state index contributed by atoms with van der Waals surface area (Å²) in [5.41, 5.74) is -0.876. The lowest BCUT2D eigenvalue weighted by Gasteiger charge is -2.32. The first-order valence-corrected chi connectivity index (χ1v) is 8.74. The number of furan rings is 1. The van der Waals surface area contributed by atoms with Gasteiger partial charge in [0.25, 0.3) is 0 Å². The summed E-state index contributed by atoms with van der Waals surface area (Å²) in [6.07, 6.45) is 1.75. The molecule has 2 aliphatic rings. The van der Waals surface area contributed by atoms with Gasteiger partial charge in [0.05, 0.1) is 11.2 Å². The Labute approximate surface area is 143 Å². The van der Waals surface area contributed by atoms with E-state index in [0.717, 1.165) is 31.7 Å². The maximum Gasteiger partial charge on any atom is 0.525 e. The first-order valence-electron chi connectivity index (χ1n) is 8.74. The van der Waals surface area contributed by atoms with Crippen LogP contribution in [-0.4, -0.2) is 31.4 Å². The molecule has 3 rings (SSSR count). The van der Waals surface area contributed by atoms with Crippen LogP contribution in [0, 0.1) is 12.8 Å². The summed E-state index contributed by atoms with van der Waals surface area (Å²) in [5, 5.41) is 3.32. The van der Waals surface area contributed by atoms with Crippen LogP contribution in [0.3, 0.4) is 0 Å². The molecule has 24 heavy (non-hydrogen) atoms. The van der Waals surface area contributed by atoms with Crippen LogP contribution >= 0.6 is 0 Å². The number of nitrogens with one attached hydrogen (secondary N) is 1. The van der Waals surface area contributed by atoms with Crippen LogP contribution in [0.15, 0.2) is 22.3 Å². The number of piperidine rings is 1. The fourth-order valence-electron chi connectivity index (χ4n) is 3.28. The number of hydrogen-bond donors (Lipinski definition) is 1. The van der Waals surface area contributed by atoms with Crippen molar-refractivity contribution in [2.45, 2.75) is 58.7 Å². The molecule has 0 atom stereocenters. The van der Waals surface area contributed by atoms with Crippen molar-refractivity contribution in [2.75, 3.05) is 13.1 Å². The Balaban J connectivity index is 1.98. The molecule has 0 aromatic carbocycles. The molecule has 0 amide bonds. The van der Waals surface area contributed by atoms with Gasteiger partial charge in [0, 0.05) is 5.57 Å². The monoisotopic (exact) mass is 335 g/mol. The predicted octanol–water partition coefficient (Wildman–Crippen LogP) is 3.90. The summed E-state index contributed by atoms with van der Waals surface area (Å²) in [6.45, 7) is 11.4. The van der Waals surface area contributed by atoms with Crippen LogP contribution in [0.2, 0.25) is 0 Å². The minimum Gasteiger partial charge on any atom is -0.462 e. The van der Waals surface area contributed by atoms with Crippen LogP contribution in [-0.2, 0) is 9.31 Å². The largest absolute Gasteiger partial charge is 0.525 e. The van der Waals surface area contributed by atoms with E-state index in [-0.39, 0.29) is 11.6 Å². The molecule has 0 bridgehead atoms. The molecule has 1 aromatic heterocycles. The van der Waals surface area contributed by atoms with E-state index in [9.17, 15) is 0 Å². The zero-order valence-corrected chi connectivity index (χ0v) is 15.2. The second-order valence-corrected chi connectivity index (χ2v) is 7.78. The highest BCUT2D eigenvalue weighted by atomic mass is 19.1. The van der Waals surface area contributed by atoms with E-state index < -0.39 is 18.3 Å². The summed E-state index contributed by atoms with van der Waals surface area (Å²) in [4.78, 5) is 0. The molecule has 2 aliphatic heterocycles. The second-order valence-electron chi connectivity index (χ2n) is 7.78. The number of allylic oxidation sites excluding steroid dienone is 1. The minimum absolute atomic E-state index is 0.107. The Morgan fingerprint density at radius 3 is 2.21 bits per heavy atom. The van der Waals surface area contributed by atoms with Gasteiger partial charge in [0.2, 0.25) is 0 Å². The Hall–Kier alpha value is -1.11. The van der Waals surface area contributed by atoms with Crippen molar-refractivity contribution in [3.05, 3.63) is 29.4 Å². The van der Waals surface area contributed by atoms with Gasteiger partial charge < -0.3 is 19.0 Å². The highest BCUT2D eigenvalue weighted by Crippen LogP contribution is 2.42. The van der Waals surface area contributed by atoms with E-state index in [2.05, 4.69) is 5.32 Å². The van der Waals surface area contributed by atoms with E-state index in [1.807, 2.05) is 46.8 Å². The molecule has 0 saturated carbocycles. The lowest BCUT2D eigenvalue weighted by atomic mass is 9.77. The van der Waals surface area contributed by atoms with Crippen molar-refractivity contribution >= 4 is 12.7 Å². The van der Waals surface area contributed by atoms with E-state index >= 15 is 4.39 Å². The minimum atomic E-state index is -0.981. The molecule has 0 unspecified atom stereocenters. The van der Waals surface area contributed by atoms with Crippen LogP contribution in [0.1, 0.15) is 52.1 Å². The van der Waals surface area contributed by atoms with Crippen LogP contribution in [0.5, 0.6) is 0 Å². The average Bonchev–Trinajstić information content (AvgIpc) is 3.02. The van der Waals surface area contributed by atoms with Gasteiger partial charge in [-0.2, -0.15) is 0 Å².